The topological polar surface area (TPSA) is 58.2 Å². The van der Waals surface area contributed by atoms with Crippen LogP contribution in [-0.2, 0) is 9.59 Å². The molecule has 2 N–H and O–H groups in total. The maximum absolute atomic E-state index is 11.5. The molecule has 0 unspecified atom stereocenters. The van der Waals surface area contributed by atoms with Crippen molar-refractivity contribution in [3.05, 3.63) is 41.4 Å². The average Bonchev–Trinajstić information content (AvgIpc) is 2.30. The number of anilines is 1. The molecule has 0 aliphatic carbocycles. The van der Waals surface area contributed by atoms with Crippen molar-refractivity contribution >= 4 is 29.1 Å². The van der Waals surface area contributed by atoms with E-state index in [2.05, 4.69) is 17.2 Å². The molecule has 0 aromatic heterocycles. The molecule has 1 aromatic carbocycles. The van der Waals surface area contributed by atoms with Gasteiger partial charge in [0.2, 0.25) is 0 Å². The van der Waals surface area contributed by atoms with Gasteiger partial charge in [-0.3, -0.25) is 9.59 Å². The van der Waals surface area contributed by atoms with Gasteiger partial charge < -0.3 is 10.6 Å². The van der Waals surface area contributed by atoms with E-state index >= 15 is 0 Å². The van der Waals surface area contributed by atoms with E-state index in [0.29, 0.717) is 10.7 Å². The third-order valence-corrected chi connectivity index (χ3v) is 2.30. The summed E-state index contributed by atoms with van der Waals surface area (Å²) in [5.41, 5.74) is 1.36. The van der Waals surface area contributed by atoms with Crippen molar-refractivity contribution < 1.29 is 9.59 Å². The molecule has 0 saturated heterocycles. The minimum atomic E-state index is -0.725. The second-order valence-corrected chi connectivity index (χ2v) is 3.85. The van der Waals surface area contributed by atoms with Gasteiger partial charge in [-0.2, -0.15) is 0 Å². The third-order valence-electron chi connectivity index (χ3n) is 2.06. The summed E-state index contributed by atoms with van der Waals surface area (Å²) in [6.07, 6.45) is 1.50. The first-order valence-electron chi connectivity index (χ1n) is 5.01. The summed E-state index contributed by atoms with van der Waals surface area (Å²) in [7, 11) is 0. The standard InChI is InChI=1S/C12H13ClN2O2/c1-3-6-14-11(16)12(17)15-10-7-9(13)5-4-8(10)2/h3-5,7H,1,6H2,2H3,(H,14,16)(H,15,17). The second-order valence-electron chi connectivity index (χ2n) is 3.41. The van der Waals surface area contributed by atoms with E-state index in [9.17, 15) is 9.59 Å². The number of carbonyl (C=O) groups excluding carboxylic acids is 2. The van der Waals surface area contributed by atoms with Crippen molar-refractivity contribution in [2.24, 2.45) is 0 Å². The minimum Gasteiger partial charge on any atom is -0.344 e. The Balaban J connectivity index is 2.70. The molecule has 0 fully saturated rings. The van der Waals surface area contributed by atoms with E-state index < -0.39 is 11.8 Å². The van der Waals surface area contributed by atoms with Gasteiger partial charge in [-0.25, -0.2) is 0 Å². The zero-order valence-corrected chi connectivity index (χ0v) is 10.2. The summed E-state index contributed by atoms with van der Waals surface area (Å²) < 4.78 is 0. The first-order valence-corrected chi connectivity index (χ1v) is 5.38. The molecule has 5 heteroatoms. The summed E-state index contributed by atoms with van der Waals surface area (Å²) in [5, 5.41) is 5.37. The van der Waals surface area contributed by atoms with Crippen molar-refractivity contribution in [1.82, 2.24) is 5.32 Å². The molecule has 0 radical (unpaired) electrons. The van der Waals surface area contributed by atoms with Crippen LogP contribution in [0.1, 0.15) is 5.56 Å². The lowest BCUT2D eigenvalue weighted by atomic mass is 10.2. The number of carbonyl (C=O) groups is 2. The molecule has 1 rings (SSSR count). The quantitative estimate of drug-likeness (QED) is 0.638. The predicted molar refractivity (Wildman–Crippen MR) is 68.0 cm³/mol. The third kappa shape index (κ3) is 3.92. The Morgan fingerprint density at radius 2 is 2.12 bits per heavy atom. The molecule has 0 aliphatic heterocycles. The number of rotatable bonds is 3. The fraction of sp³-hybridized carbons (Fsp3) is 0.167. The molecular weight excluding hydrogens is 240 g/mol. The highest BCUT2D eigenvalue weighted by Gasteiger charge is 2.13. The smallest absolute Gasteiger partial charge is 0.313 e. The lowest BCUT2D eigenvalue weighted by Crippen LogP contribution is -2.35. The Bertz CT molecular complexity index is 458. The maximum atomic E-state index is 11.5. The van der Waals surface area contributed by atoms with Crippen LogP contribution in [0.25, 0.3) is 0 Å². The fourth-order valence-electron chi connectivity index (χ4n) is 1.15. The van der Waals surface area contributed by atoms with Gasteiger partial charge in [0.1, 0.15) is 0 Å². The lowest BCUT2D eigenvalue weighted by Gasteiger charge is -2.08. The summed E-state index contributed by atoms with van der Waals surface area (Å²) >= 11 is 5.80. The zero-order chi connectivity index (χ0) is 12.8. The van der Waals surface area contributed by atoms with E-state index in [0.717, 1.165) is 5.56 Å². The highest BCUT2D eigenvalue weighted by atomic mass is 35.5. The van der Waals surface area contributed by atoms with Gasteiger partial charge in [-0.15, -0.1) is 6.58 Å². The average molecular weight is 253 g/mol. The van der Waals surface area contributed by atoms with Crippen molar-refractivity contribution in [2.45, 2.75) is 6.92 Å². The first-order chi connectivity index (χ1) is 8.04. The van der Waals surface area contributed by atoms with Crippen LogP contribution in [0.5, 0.6) is 0 Å². The molecule has 90 valence electrons. The minimum absolute atomic E-state index is 0.251. The van der Waals surface area contributed by atoms with Crippen molar-refractivity contribution in [2.75, 3.05) is 11.9 Å². The van der Waals surface area contributed by atoms with Crippen LogP contribution >= 0.6 is 11.6 Å². The van der Waals surface area contributed by atoms with E-state index in [1.54, 1.807) is 18.2 Å². The molecule has 0 heterocycles. The van der Waals surface area contributed by atoms with Gasteiger partial charge in [-0.1, -0.05) is 23.7 Å². The van der Waals surface area contributed by atoms with Crippen molar-refractivity contribution in [3.8, 4) is 0 Å². The molecule has 4 nitrogen and oxygen atoms in total. The van der Waals surface area contributed by atoms with Crippen LogP contribution in [0, 0.1) is 6.92 Å². The van der Waals surface area contributed by atoms with Gasteiger partial charge >= 0.3 is 11.8 Å². The van der Waals surface area contributed by atoms with Crippen LogP contribution < -0.4 is 10.6 Å². The van der Waals surface area contributed by atoms with E-state index in [1.165, 1.54) is 6.08 Å². The second kappa shape index (κ2) is 6.06. The van der Waals surface area contributed by atoms with E-state index in [4.69, 9.17) is 11.6 Å². The Labute approximate surface area is 105 Å². The largest absolute Gasteiger partial charge is 0.344 e. The fourth-order valence-corrected chi connectivity index (χ4v) is 1.33. The van der Waals surface area contributed by atoms with Crippen LogP contribution in [0.3, 0.4) is 0 Å². The number of benzene rings is 1. The monoisotopic (exact) mass is 252 g/mol. The van der Waals surface area contributed by atoms with Crippen LogP contribution in [0.15, 0.2) is 30.9 Å². The number of hydrogen-bond acceptors (Lipinski definition) is 2. The summed E-state index contributed by atoms with van der Waals surface area (Å²) in [4.78, 5) is 22.8. The molecule has 1 aromatic rings. The molecule has 0 bridgehead atoms. The zero-order valence-electron chi connectivity index (χ0n) is 9.42. The first kappa shape index (κ1) is 13.3. The highest BCUT2D eigenvalue weighted by molar-refractivity contribution is 6.40. The van der Waals surface area contributed by atoms with Gasteiger partial charge in [0.25, 0.3) is 0 Å². The molecule has 2 amide bonds. The normalized spacial score (nSPS) is 9.53. The Morgan fingerprint density at radius 1 is 1.41 bits per heavy atom. The van der Waals surface area contributed by atoms with Gasteiger partial charge in [0.05, 0.1) is 0 Å². The molecule has 0 spiro atoms. The van der Waals surface area contributed by atoms with Gasteiger partial charge in [0, 0.05) is 17.3 Å². The number of aryl methyl sites for hydroxylation is 1. The number of halogens is 1. The molecular formula is C12H13ClN2O2. The number of amides is 2. The van der Waals surface area contributed by atoms with E-state index in [-0.39, 0.29) is 6.54 Å². The lowest BCUT2D eigenvalue weighted by molar-refractivity contribution is -0.136. The van der Waals surface area contributed by atoms with Crippen LogP contribution in [0.4, 0.5) is 5.69 Å². The summed E-state index contributed by atoms with van der Waals surface area (Å²) in [5.74, 6) is -1.43. The van der Waals surface area contributed by atoms with Crippen LogP contribution in [-0.4, -0.2) is 18.4 Å². The molecule has 0 atom stereocenters. The predicted octanol–water partition coefficient (Wildman–Crippen LogP) is 1.89. The molecule has 0 saturated carbocycles. The van der Waals surface area contributed by atoms with Gasteiger partial charge in [0.15, 0.2) is 0 Å². The summed E-state index contributed by atoms with van der Waals surface area (Å²) in [6.45, 7) is 5.50. The van der Waals surface area contributed by atoms with E-state index in [1.807, 2.05) is 6.92 Å². The van der Waals surface area contributed by atoms with Crippen LogP contribution in [0.2, 0.25) is 5.02 Å². The Kier molecular flexibility index (Phi) is 4.72. The SMILES string of the molecule is C=CCNC(=O)C(=O)Nc1cc(Cl)ccc1C. The number of nitrogens with one attached hydrogen (secondary N) is 2. The Morgan fingerprint density at radius 3 is 2.76 bits per heavy atom. The molecule has 17 heavy (non-hydrogen) atoms. The summed E-state index contributed by atoms with van der Waals surface area (Å²) in [6, 6.07) is 5.07. The highest BCUT2D eigenvalue weighted by Crippen LogP contribution is 2.19. The van der Waals surface area contributed by atoms with Crippen molar-refractivity contribution in [1.29, 1.82) is 0 Å². The Hall–Kier alpha value is -1.81. The maximum Gasteiger partial charge on any atom is 0.313 e. The van der Waals surface area contributed by atoms with Gasteiger partial charge in [-0.05, 0) is 24.6 Å². The van der Waals surface area contributed by atoms with Crippen molar-refractivity contribution in [3.63, 3.8) is 0 Å². The molecule has 0 aliphatic rings. The number of hydrogen-bond donors (Lipinski definition) is 2.